The molecule has 0 saturated heterocycles. The first-order valence-corrected chi connectivity index (χ1v) is 6.71. The highest BCUT2D eigenvalue weighted by Gasteiger charge is 2.12. The van der Waals surface area contributed by atoms with Gasteiger partial charge in [0.1, 0.15) is 17.9 Å². The lowest BCUT2D eigenvalue weighted by Gasteiger charge is -2.06. The van der Waals surface area contributed by atoms with Crippen LogP contribution in [0.25, 0.3) is 11.2 Å². The summed E-state index contributed by atoms with van der Waals surface area (Å²) in [4.78, 5) is 9.06. The highest BCUT2D eigenvalue weighted by molar-refractivity contribution is 5.71. The number of rotatable bonds is 5. The number of pyridine rings is 1. The van der Waals surface area contributed by atoms with E-state index in [1.807, 2.05) is 18.3 Å². The van der Waals surface area contributed by atoms with Crippen molar-refractivity contribution in [3.05, 3.63) is 36.0 Å². The smallest absolute Gasteiger partial charge is 0.160 e. The fourth-order valence-electron chi connectivity index (χ4n) is 2.24. The molecule has 3 aromatic rings. The summed E-state index contributed by atoms with van der Waals surface area (Å²) in [6.07, 6.45) is 4.67. The fourth-order valence-corrected chi connectivity index (χ4v) is 2.24. The summed E-state index contributed by atoms with van der Waals surface area (Å²) in [5.41, 5.74) is 8.16. The second kappa shape index (κ2) is 5.38. The van der Waals surface area contributed by atoms with E-state index in [9.17, 15) is 0 Å². The standard InChI is InChI=1S/C13H17N7/c1-2-6-20-12(9-19-8-10(7-14)17-18-19)16-11-4-3-5-15-13(11)20/h3-5,8H,2,6-7,9,14H2,1H3. The molecule has 3 heterocycles. The van der Waals surface area contributed by atoms with Gasteiger partial charge in [0.15, 0.2) is 5.65 Å². The molecule has 20 heavy (non-hydrogen) atoms. The van der Waals surface area contributed by atoms with Gasteiger partial charge in [0, 0.05) is 19.3 Å². The second-order valence-electron chi connectivity index (χ2n) is 4.64. The molecule has 0 aromatic carbocycles. The van der Waals surface area contributed by atoms with Crippen molar-refractivity contribution in [2.24, 2.45) is 5.73 Å². The molecule has 7 nitrogen and oxygen atoms in total. The number of nitrogens with two attached hydrogens (primary N) is 1. The van der Waals surface area contributed by atoms with Crippen molar-refractivity contribution in [2.75, 3.05) is 0 Å². The van der Waals surface area contributed by atoms with E-state index in [1.54, 1.807) is 10.9 Å². The van der Waals surface area contributed by atoms with Crippen LogP contribution in [0.15, 0.2) is 24.5 Å². The van der Waals surface area contributed by atoms with Gasteiger partial charge in [-0.25, -0.2) is 14.6 Å². The first-order valence-electron chi connectivity index (χ1n) is 6.71. The van der Waals surface area contributed by atoms with Crippen molar-refractivity contribution in [2.45, 2.75) is 33.0 Å². The van der Waals surface area contributed by atoms with E-state index in [2.05, 4.69) is 31.8 Å². The van der Waals surface area contributed by atoms with Crippen molar-refractivity contribution < 1.29 is 0 Å². The molecule has 2 N–H and O–H groups in total. The first-order chi connectivity index (χ1) is 9.81. The molecule has 0 aliphatic carbocycles. The van der Waals surface area contributed by atoms with Crippen LogP contribution >= 0.6 is 0 Å². The van der Waals surface area contributed by atoms with Gasteiger partial charge in [-0.2, -0.15) is 0 Å². The van der Waals surface area contributed by atoms with Gasteiger partial charge in [-0.15, -0.1) is 5.10 Å². The van der Waals surface area contributed by atoms with Crippen LogP contribution in [0.3, 0.4) is 0 Å². The van der Waals surface area contributed by atoms with E-state index in [-0.39, 0.29) is 0 Å². The van der Waals surface area contributed by atoms with Crippen LogP contribution < -0.4 is 5.73 Å². The lowest BCUT2D eigenvalue weighted by Crippen LogP contribution is -2.09. The lowest BCUT2D eigenvalue weighted by atomic mass is 10.4. The number of fused-ring (bicyclic) bond motifs is 1. The summed E-state index contributed by atoms with van der Waals surface area (Å²) in [6, 6.07) is 3.88. The number of aromatic nitrogens is 6. The predicted octanol–water partition coefficient (Wildman–Crippen LogP) is 0.940. The first kappa shape index (κ1) is 12.7. The monoisotopic (exact) mass is 271 g/mol. The summed E-state index contributed by atoms with van der Waals surface area (Å²) in [5, 5.41) is 8.06. The summed E-state index contributed by atoms with van der Waals surface area (Å²) >= 11 is 0. The highest BCUT2D eigenvalue weighted by Crippen LogP contribution is 2.15. The zero-order chi connectivity index (χ0) is 13.9. The van der Waals surface area contributed by atoms with E-state index in [1.165, 1.54) is 0 Å². The minimum Gasteiger partial charge on any atom is -0.325 e. The number of hydrogen-bond acceptors (Lipinski definition) is 5. The maximum absolute atomic E-state index is 5.55. The molecule has 0 aliphatic rings. The van der Waals surface area contributed by atoms with Gasteiger partial charge in [-0.1, -0.05) is 12.1 Å². The van der Waals surface area contributed by atoms with Crippen LogP contribution in [0.4, 0.5) is 0 Å². The maximum atomic E-state index is 5.55. The van der Waals surface area contributed by atoms with Crippen molar-refractivity contribution >= 4 is 11.2 Å². The predicted molar refractivity (Wildman–Crippen MR) is 74.8 cm³/mol. The Morgan fingerprint density at radius 3 is 3.00 bits per heavy atom. The third kappa shape index (κ3) is 2.27. The SMILES string of the molecule is CCCn1c(Cn2cc(CN)nn2)nc2cccnc21. The third-order valence-corrected chi connectivity index (χ3v) is 3.13. The van der Waals surface area contributed by atoms with Crippen LogP contribution in [0, 0.1) is 0 Å². The second-order valence-corrected chi connectivity index (χ2v) is 4.64. The van der Waals surface area contributed by atoms with E-state index in [0.29, 0.717) is 13.1 Å². The molecule has 0 aliphatic heterocycles. The number of nitrogens with zero attached hydrogens (tertiary/aromatic N) is 6. The number of hydrogen-bond donors (Lipinski definition) is 1. The highest BCUT2D eigenvalue weighted by atomic mass is 15.4. The molecule has 0 amide bonds. The lowest BCUT2D eigenvalue weighted by molar-refractivity contribution is 0.577. The normalized spacial score (nSPS) is 11.3. The molecule has 7 heteroatoms. The number of aryl methyl sites for hydroxylation is 1. The average Bonchev–Trinajstić information content (AvgIpc) is 3.05. The summed E-state index contributed by atoms with van der Waals surface area (Å²) in [6.45, 7) is 4.00. The molecule has 0 bridgehead atoms. The van der Waals surface area contributed by atoms with Crippen LogP contribution in [0.2, 0.25) is 0 Å². The van der Waals surface area contributed by atoms with Crippen LogP contribution in [-0.2, 0) is 19.6 Å². The largest absolute Gasteiger partial charge is 0.325 e. The molecule has 0 saturated carbocycles. The molecule has 0 fully saturated rings. The number of imidazole rings is 1. The van der Waals surface area contributed by atoms with Crippen molar-refractivity contribution in [3.8, 4) is 0 Å². The van der Waals surface area contributed by atoms with Crippen LogP contribution in [-0.4, -0.2) is 29.5 Å². The quantitative estimate of drug-likeness (QED) is 0.746. The van der Waals surface area contributed by atoms with Gasteiger partial charge in [0.25, 0.3) is 0 Å². The Balaban J connectivity index is 1.99. The van der Waals surface area contributed by atoms with Crippen molar-refractivity contribution in [1.82, 2.24) is 29.5 Å². The van der Waals surface area contributed by atoms with Crippen molar-refractivity contribution in [3.63, 3.8) is 0 Å². The molecule has 0 spiro atoms. The fraction of sp³-hybridized carbons (Fsp3) is 0.385. The summed E-state index contributed by atoms with van der Waals surface area (Å²) in [5.74, 6) is 0.939. The van der Waals surface area contributed by atoms with E-state index < -0.39 is 0 Å². The molecular weight excluding hydrogens is 254 g/mol. The zero-order valence-electron chi connectivity index (χ0n) is 11.4. The third-order valence-electron chi connectivity index (χ3n) is 3.13. The molecule has 104 valence electrons. The summed E-state index contributed by atoms with van der Waals surface area (Å²) in [7, 11) is 0. The Labute approximate surface area is 116 Å². The van der Waals surface area contributed by atoms with Gasteiger partial charge in [-0.3, -0.25) is 0 Å². The van der Waals surface area contributed by atoms with Gasteiger partial charge >= 0.3 is 0 Å². The van der Waals surface area contributed by atoms with E-state index in [4.69, 9.17) is 5.73 Å². The minimum absolute atomic E-state index is 0.396. The van der Waals surface area contributed by atoms with Crippen molar-refractivity contribution in [1.29, 1.82) is 0 Å². The zero-order valence-corrected chi connectivity index (χ0v) is 11.4. The molecular formula is C13H17N7. The van der Waals surface area contributed by atoms with E-state index >= 15 is 0 Å². The molecule has 3 aromatic heterocycles. The van der Waals surface area contributed by atoms with Crippen LogP contribution in [0.5, 0.6) is 0 Å². The Kier molecular flexibility index (Phi) is 3.42. The Bertz CT molecular complexity index is 712. The molecule has 0 unspecified atom stereocenters. The topological polar surface area (TPSA) is 87.4 Å². The Morgan fingerprint density at radius 1 is 1.35 bits per heavy atom. The van der Waals surface area contributed by atoms with Gasteiger partial charge in [-0.05, 0) is 18.6 Å². The van der Waals surface area contributed by atoms with Gasteiger partial charge < -0.3 is 10.3 Å². The van der Waals surface area contributed by atoms with Crippen LogP contribution in [0.1, 0.15) is 24.9 Å². The van der Waals surface area contributed by atoms with E-state index in [0.717, 1.165) is 35.6 Å². The average molecular weight is 271 g/mol. The summed E-state index contributed by atoms with van der Waals surface area (Å²) < 4.78 is 3.90. The Morgan fingerprint density at radius 2 is 2.25 bits per heavy atom. The molecule has 0 radical (unpaired) electrons. The molecule has 0 atom stereocenters. The Hall–Kier alpha value is -2.28. The molecule has 3 rings (SSSR count). The van der Waals surface area contributed by atoms with Gasteiger partial charge in [0.2, 0.25) is 0 Å². The minimum atomic E-state index is 0.396. The van der Waals surface area contributed by atoms with Gasteiger partial charge in [0.05, 0.1) is 11.9 Å². The maximum Gasteiger partial charge on any atom is 0.160 e.